The van der Waals surface area contributed by atoms with Crippen LogP contribution in [0.4, 0.5) is 0 Å². The van der Waals surface area contributed by atoms with E-state index in [9.17, 15) is 8.42 Å². The van der Waals surface area contributed by atoms with E-state index >= 15 is 0 Å². The molecular formula is C13H21ClN2O5S. The van der Waals surface area contributed by atoms with Gasteiger partial charge in [-0.25, -0.2) is 8.42 Å². The van der Waals surface area contributed by atoms with E-state index in [2.05, 4.69) is 0 Å². The molecule has 0 aliphatic carbocycles. The predicted molar refractivity (Wildman–Crippen MR) is 84.7 cm³/mol. The van der Waals surface area contributed by atoms with Gasteiger partial charge in [0, 0.05) is 31.3 Å². The summed E-state index contributed by atoms with van der Waals surface area (Å²) < 4.78 is 42.5. The van der Waals surface area contributed by atoms with Crippen LogP contribution in [0.3, 0.4) is 0 Å². The molecule has 1 fully saturated rings. The average Bonchev–Trinajstić information content (AvgIpc) is 2.92. The Morgan fingerprint density at radius 2 is 1.68 bits per heavy atom. The topological polar surface area (TPSA) is 91.1 Å². The van der Waals surface area contributed by atoms with Crippen molar-refractivity contribution in [3.8, 4) is 17.2 Å². The molecule has 1 aliphatic heterocycles. The summed E-state index contributed by atoms with van der Waals surface area (Å²) >= 11 is 0. The molecule has 1 saturated heterocycles. The van der Waals surface area contributed by atoms with Crippen LogP contribution in [0.2, 0.25) is 0 Å². The van der Waals surface area contributed by atoms with Gasteiger partial charge in [0.2, 0.25) is 0 Å². The largest absolute Gasteiger partial charge is 0.496 e. The lowest BCUT2D eigenvalue weighted by Crippen LogP contribution is -2.32. The molecule has 0 aromatic heterocycles. The highest BCUT2D eigenvalue weighted by Crippen LogP contribution is 2.39. The van der Waals surface area contributed by atoms with Crippen molar-refractivity contribution in [3.63, 3.8) is 0 Å². The van der Waals surface area contributed by atoms with Gasteiger partial charge in [-0.2, -0.15) is 4.31 Å². The Balaban J connectivity index is 0.00000242. The molecule has 9 heteroatoms. The number of ether oxygens (including phenoxy) is 3. The lowest BCUT2D eigenvalue weighted by Gasteiger charge is -2.20. The van der Waals surface area contributed by atoms with Crippen molar-refractivity contribution in [2.45, 2.75) is 17.4 Å². The number of benzene rings is 1. The highest BCUT2D eigenvalue weighted by atomic mass is 35.5. The molecule has 0 spiro atoms. The first kappa shape index (κ1) is 18.8. The summed E-state index contributed by atoms with van der Waals surface area (Å²) in [6, 6.07) is 2.89. The maximum absolute atomic E-state index is 12.8. The molecule has 0 unspecified atom stereocenters. The van der Waals surface area contributed by atoms with E-state index in [0.29, 0.717) is 25.3 Å². The molecule has 1 atom stereocenters. The Morgan fingerprint density at radius 3 is 2.05 bits per heavy atom. The first-order chi connectivity index (χ1) is 9.93. The molecule has 0 bridgehead atoms. The molecule has 7 nitrogen and oxygen atoms in total. The maximum Gasteiger partial charge on any atom is 0.250 e. The zero-order valence-corrected chi connectivity index (χ0v) is 14.4. The summed E-state index contributed by atoms with van der Waals surface area (Å²) in [5.74, 6) is 0.833. The Kier molecular flexibility index (Phi) is 6.30. The van der Waals surface area contributed by atoms with Crippen LogP contribution >= 0.6 is 12.4 Å². The number of methoxy groups -OCH3 is 3. The Bertz CT molecular complexity index is 598. The Labute approximate surface area is 136 Å². The predicted octanol–water partition coefficient (Wildman–Crippen LogP) is 0.856. The molecule has 2 N–H and O–H groups in total. The van der Waals surface area contributed by atoms with Gasteiger partial charge in [0.1, 0.15) is 17.2 Å². The second-order valence-corrected chi connectivity index (χ2v) is 6.65. The fourth-order valence-corrected chi connectivity index (χ4v) is 4.11. The van der Waals surface area contributed by atoms with Crippen LogP contribution in [0.5, 0.6) is 17.2 Å². The van der Waals surface area contributed by atoms with Gasteiger partial charge in [-0.3, -0.25) is 0 Å². The van der Waals surface area contributed by atoms with Crippen LogP contribution in [0.1, 0.15) is 6.42 Å². The quantitative estimate of drug-likeness (QED) is 0.845. The Hall–Kier alpha value is -1.22. The van der Waals surface area contributed by atoms with Gasteiger partial charge >= 0.3 is 0 Å². The molecule has 1 heterocycles. The van der Waals surface area contributed by atoms with Crippen molar-refractivity contribution in [1.82, 2.24) is 4.31 Å². The summed E-state index contributed by atoms with van der Waals surface area (Å²) in [4.78, 5) is 0.00222. The first-order valence-corrected chi connectivity index (χ1v) is 7.93. The van der Waals surface area contributed by atoms with E-state index in [1.165, 1.54) is 37.8 Å². The van der Waals surface area contributed by atoms with Crippen molar-refractivity contribution in [3.05, 3.63) is 12.1 Å². The molecule has 126 valence electrons. The van der Waals surface area contributed by atoms with Crippen molar-refractivity contribution >= 4 is 22.4 Å². The van der Waals surface area contributed by atoms with Crippen molar-refractivity contribution in [2.24, 2.45) is 5.73 Å². The van der Waals surface area contributed by atoms with Gasteiger partial charge in [0.25, 0.3) is 10.0 Å². The van der Waals surface area contributed by atoms with Crippen molar-refractivity contribution < 1.29 is 22.6 Å². The molecule has 1 aromatic carbocycles. The van der Waals surface area contributed by atoms with Gasteiger partial charge < -0.3 is 19.9 Å². The van der Waals surface area contributed by atoms with E-state index in [1.807, 2.05) is 0 Å². The van der Waals surface area contributed by atoms with E-state index < -0.39 is 10.0 Å². The molecule has 1 aromatic rings. The smallest absolute Gasteiger partial charge is 0.250 e. The zero-order chi connectivity index (χ0) is 15.6. The summed E-state index contributed by atoms with van der Waals surface area (Å²) in [6.45, 7) is 0.683. The average molecular weight is 353 g/mol. The molecule has 0 radical (unpaired) electrons. The lowest BCUT2D eigenvalue weighted by atomic mass is 10.3. The summed E-state index contributed by atoms with van der Waals surface area (Å²) in [5, 5.41) is 0. The van der Waals surface area contributed by atoms with E-state index in [0.717, 1.165) is 0 Å². The fourth-order valence-electron chi connectivity index (χ4n) is 2.33. The van der Waals surface area contributed by atoms with Crippen LogP contribution in [-0.4, -0.2) is 53.2 Å². The van der Waals surface area contributed by atoms with Crippen LogP contribution in [0.25, 0.3) is 0 Å². The minimum absolute atomic E-state index is 0. The van der Waals surface area contributed by atoms with E-state index in [-0.39, 0.29) is 34.8 Å². The third kappa shape index (κ3) is 3.40. The fraction of sp³-hybridized carbons (Fsp3) is 0.538. The van der Waals surface area contributed by atoms with Gasteiger partial charge in [-0.05, 0) is 6.42 Å². The number of sulfonamides is 1. The van der Waals surface area contributed by atoms with Gasteiger partial charge in [0.15, 0.2) is 4.90 Å². The number of hydrogen-bond acceptors (Lipinski definition) is 6. The summed E-state index contributed by atoms with van der Waals surface area (Å²) in [6.07, 6.45) is 0.639. The molecule has 1 aliphatic rings. The first-order valence-electron chi connectivity index (χ1n) is 6.49. The third-order valence-electron chi connectivity index (χ3n) is 3.46. The van der Waals surface area contributed by atoms with Gasteiger partial charge in [-0.15, -0.1) is 12.4 Å². The third-order valence-corrected chi connectivity index (χ3v) is 5.38. The summed E-state index contributed by atoms with van der Waals surface area (Å²) in [5.41, 5.74) is 5.80. The van der Waals surface area contributed by atoms with E-state index in [4.69, 9.17) is 19.9 Å². The molecule has 0 amide bonds. The van der Waals surface area contributed by atoms with Gasteiger partial charge in [0.05, 0.1) is 21.3 Å². The van der Waals surface area contributed by atoms with Crippen LogP contribution in [-0.2, 0) is 10.0 Å². The molecular weight excluding hydrogens is 332 g/mol. The lowest BCUT2D eigenvalue weighted by molar-refractivity contribution is 0.355. The molecule has 2 rings (SSSR count). The monoisotopic (exact) mass is 352 g/mol. The minimum Gasteiger partial charge on any atom is -0.496 e. The number of hydrogen-bond donors (Lipinski definition) is 1. The molecule has 22 heavy (non-hydrogen) atoms. The maximum atomic E-state index is 12.8. The zero-order valence-electron chi connectivity index (χ0n) is 12.7. The van der Waals surface area contributed by atoms with Crippen molar-refractivity contribution in [1.29, 1.82) is 0 Å². The van der Waals surface area contributed by atoms with Crippen LogP contribution in [0, 0.1) is 0 Å². The van der Waals surface area contributed by atoms with Crippen LogP contribution in [0.15, 0.2) is 17.0 Å². The van der Waals surface area contributed by atoms with Gasteiger partial charge in [-0.1, -0.05) is 0 Å². The summed E-state index contributed by atoms with van der Waals surface area (Å²) in [7, 11) is 0.565. The minimum atomic E-state index is -3.73. The second-order valence-electron chi connectivity index (χ2n) is 4.77. The molecule has 0 saturated carbocycles. The number of nitrogens with zero attached hydrogens (tertiary/aromatic N) is 1. The standard InChI is InChI=1S/C13H20N2O5S.ClH/c1-18-10-6-11(19-2)13(12(7-10)20-3)21(16,17)15-5-4-9(14)8-15;/h6-7,9H,4-5,8,14H2,1-3H3;1H/t9-;/m1./s1. The van der Waals surface area contributed by atoms with Crippen LogP contribution < -0.4 is 19.9 Å². The highest BCUT2D eigenvalue weighted by Gasteiger charge is 2.35. The number of halogens is 1. The second kappa shape index (κ2) is 7.36. The SMILES string of the molecule is COc1cc(OC)c(S(=O)(=O)N2CC[C@@H](N)C2)c(OC)c1.Cl. The highest BCUT2D eigenvalue weighted by molar-refractivity contribution is 7.89. The van der Waals surface area contributed by atoms with Crippen molar-refractivity contribution in [2.75, 3.05) is 34.4 Å². The normalized spacial score (nSPS) is 18.6. The number of nitrogens with two attached hydrogens (primary N) is 1. The number of rotatable bonds is 5. The van der Waals surface area contributed by atoms with E-state index in [1.54, 1.807) is 0 Å². The Morgan fingerprint density at radius 1 is 1.14 bits per heavy atom.